The Kier molecular flexibility index (Phi) is 12.1. The second kappa shape index (κ2) is 13.6. The molecule has 0 aromatic heterocycles. The fraction of sp³-hybridized carbons (Fsp3) is 0.857. The molecule has 1 aliphatic heterocycles. The molecule has 0 saturated heterocycles. The van der Waals surface area contributed by atoms with Gasteiger partial charge in [-0.2, -0.15) is 0 Å². The van der Waals surface area contributed by atoms with Gasteiger partial charge in [-0.3, -0.25) is 4.48 Å². The summed E-state index contributed by atoms with van der Waals surface area (Å²) in [4.78, 5) is 4.70. The smallest absolute Gasteiger partial charge is 0.182 e. The molecule has 0 aromatic rings. The molecule has 3 nitrogen and oxygen atoms in total. The first kappa shape index (κ1) is 21.4. The molecule has 0 spiro atoms. The van der Waals surface area contributed by atoms with E-state index in [0.29, 0.717) is 6.17 Å². The number of hydrogen-bond acceptors (Lipinski definition) is 2. The molecule has 0 aromatic carbocycles. The summed E-state index contributed by atoms with van der Waals surface area (Å²) in [6, 6.07) is 0. The number of aliphatic hydroxyl groups is 1. The zero-order chi connectivity index (χ0) is 17.5. The van der Waals surface area contributed by atoms with E-state index in [1.807, 2.05) is 6.08 Å². The lowest BCUT2D eigenvalue weighted by molar-refractivity contribution is -0.936. The Hall–Kier alpha value is -0.670. The maximum atomic E-state index is 9.34. The van der Waals surface area contributed by atoms with Gasteiger partial charge >= 0.3 is 0 Å². The number of rotatable bonds is 16. The summed E-state index contributed by atoms with van der Waals surface area (Å²) in [6.45, 7) is 9.23. The summed E-state index contributed by atoms with van der Waals surface area (Å²) >= 11 is 0. The van der Waals surface area contributed by atoms with Gasteiger partial charge in [0.1, 0.15) is 13.1 Å². The van der Waals surface area contributed by atoms with E-state index >= 15 is 0 Å². The average molecular weight is 338 g/mol. The van der Waals surface area contributed by atoms with Crippen LogP contribution in [0.3, 0.4) is 0 Å². The van der Waals surface area contributed by atoms with Crippen molar-refractivity contribution in [1.29, 1.82) is 0 Å². The van der Waals surface area contributed by atoms with Crippen molar-refractivity contribution < 1.29 is 9.59 Å². The van der Waals surface area contributed by atoms with Gasteiger partial charge in [0.15, 0.2) is 6.17 Å². The molecular formula is C21H41N2O+. The summed E-state index contributed by atoms with van der Waals surface area (Å²) in [5, 5.41) is 9.34. The predicted octanol–water partition coefficient (Wildman–Crippen LogP) is 5.09. The standard InChI is InChI=1S/C21H41N2O/c1-3-5-6-7-8-9-10-11-12-13-14-15-16-21-22-17-18-23(21,4-2)19-20-24/h3,17,21,24H,1,4-16,18-20H2,2H3/q+1. The van der Waals surface area contributed by atoms with Gasteiger partial charge in [-0.1, -0.05) is 57.4 Å². The Bertz CT molecular complexity index is 343. The van der Waals surface area contributed by atoms with Gasteiger partial charge < -0.3 is 5.11 Å². The highest BCUT2D eigenvalue weighted by atomic mass is 16.3. The van der Waals surface area contributed by atoms with Crippen LogP contribution in [0, 0.1) is 0 Å². The highest BCUT2D eigenvalue weighted by Crippen LogP contribution is 2.24. The van der Waals surface area contributed by atoms with Crippen LogP contribution < -0.4 is 0 Å². The molecule has 2 atom stereocenters. The molecule has 2 unspecified atom stereocenters. The van der Waals surface area contributed by atoms with E-state index in [1.54, 1.807) is 0 Å². The normalized spacial score (nSPS) is 23.0. The Morgan fingerprint density at radius 2 is 1.62 bits per heavy atom. The second-order valence-electron chi connectivity index (χ2n) is 7.38. The molecule has 0 fully saturated rings. The van der Waals surface area contributed by atoms with E-state index in [9.17, 15) is 5.11 Å². The largest absolute Gasteiger partial charge is 0.391 e. The van der Waals surface area contributed by atoms with Crippen molar-refractivity contribution in [3.8, 4) is 0 Å². The van der Waals surface area contributed by atoms with Gasteiger partial charge in [0.2, 0.25) is 0 Å². The maximum absolute atomic E-state index is 9.34. The number of quaternary nitrogens is 1. The molecule has 0 saturated carbocycles. The minimum atomic E-state index is 0.279. The molecule has 1 aliphatic rings. The van der Waals surface area contributed by atoms with E-state index in [4.69, 9.17) is 4.99 Å². The number of hydrogen-bond donors (Lipinski definition) is 1. The van der Waals surface area contributed by atoms with Crippen LogP contribution in [0.2, 0.25) is 0 Å². The molecule has 1 heterocycles. The number of allylic oxidation sites excluding steroid dienone is 1. The Balaban J connectivity index is 1.96. The fourth-order valence-corrected chi connectivity index (χ4v) is 3.91. The number of likely N-dealkylation sites (N-methyl/N-ethyl adjacent to an activating group) is 1. The first-order valence-corrected chi connectivity index (χ1v) is 10.4. The first-order chi connectivity index (χ1) is 11.8. The molecule has 1 N–H and O–H groups in total. The zero-order valence-electron chi connectivity index (χ0n) is 16.1. The van der Waals surface area contributed by atoms with E-state index in [0.717, 1.165) is 24.1 Å². The average Bonchev–Trinajstić information content (AvgIpc) is 2.99. The van der Waals surface area contributed by atoms with Gasteiger partial charge in [-0.25, -0.2) is 4.99 Å². The lowest BCUT2D eigenvalue weighted by Crippen LogP contribution is -2.53. The minimum absolute atomic E-state index is 0.279. The van der Waals surface area contributed by atoms with Gasteiger partial charge in [0.25, 0.3) is 0 Å². The van der Waals surface area contributed by atoms with E-state index < -0.39 is 0 Å². The lowest BCUT2D eigenvalue weighted by Gasteiger charge is -2.37. The van der Waals surface area contributed by atoms with Crippen LogP contribution in [0.1, 0.15) is 84.0 Å². The van der Waals surface area contributed by atoms with Crippen molar-refractivity contribution in [2.75, 3.05) is 26.2 Å². The van der Waals surface area contributed by atoms with Crippen molar-refractivity contribution >= 4 is 6.21 Å². The third kappa shape index (κ3) is 7.94. The van der Waals surface area contributed by atoms with Gasteiger partial charge in [0.05, 0.1) is 19.4 Å². The maximum Gasteiger partial charge on any atom is 0.182 e. The molecule has 140 valence electrons. The van der Waals surface area contributed by atoms with Gasteiger partial charge in [-0.05, 0) is 26.2 Å². The third-order valence-corrected chi connectivity index (χ3v) is 5.65. The van der Waals surface area contributed by atoms with Crippen molar-refractivity contribution in [2.24, 2.45) is 4.99 Å². The molecule has 3 heteroatoms. The highest BCUT2D eigenvalue weighted by molar-refractivity contribution is 5.60. The van der Waals surface area contributed by atoms with Crippen LogP contribution in [0.15, 0.2) is 17.6 Å². The highest BCUT2D eigenvalue weighted by Gasteiger charge is 2.36. The zero-order valence-corrected chi connectivity index (χ0v) is 16.1. The van der Waals surface area contributed by atoms with Crippen LogP contribution in [-0.4, -0.2) is 48.2 Å². The quantitative estimate of drug-likeness (QED) is 0.237. The number of aliphatic hydroxyl groups excluding tert-OH is 1. The molecule has 0 amide bonds. The van der Waals surface area contributed by atoms with E-state index in [-0.39, 0.29) is 6.61 Å². The topological polar surface area (TPSA) is 32.6 Å². The Labute approximate surface area is 150 Å². The second-order valence-corrected chi connectivity index (χ2v) is 7.38. The fourth-order valence-electron chi connectivity index (χ4n) is 3.91. The molecule has 0 radical (unpaired) electrons. The summed E-state index contributed by atoms with van der Waals surface area (Å²) in [5.41, 5.74) is 0. The monoisotopic (exact) mass is 337 g/mol. The molecular weight excluding hydrogens is 296 g/mol. The minimum Gasteiger partial charge on any atom is -0.391 e. The molecule has 0 bridgehead atoms. The molecule has 24 heavy (non-hydrogen) atoms. The van der Waals surface area contributed by atoms with E-state index in [2.05, 4.69) is 19.7 Å². The third-order valence-electron chi connectivity index (χ3n) is 5.65. The van der Waals surface area contributed by atoms with Gasteiger partial charge in [-0.15, -0.1) is 6.58 Å². The number of aliphatic imine (C=N–C) groups is 1. The SMILES string of the molecule is C=CCCCCCCCCCCCCC1N=CC[N+]1(CC)CCO. The van der Waals surface area contributed by atoms with Crippen molar-refractivity contribution in [3.05, 3.63) is 12.7 Å². The van der Waals surface area contributed by atoms with Crippen LogP contribution in [0.4, 0.5) is 0 Å². The Morgan fingerprint density at radius 3 is 2.17 bits per heavy atom. The molecule has 0 aliphatic carbocycles. The summed E-state index contributed by atoms with van der Waals surface area (Å²) in [5.74, 6) is 0. The molecule has 1 rings (SSSR count). The van der Waals surface area contributed by atoms with Crippen LogP contribution in [0.5, 0.6) is 0 Å². The van der Waals surface area contributed by atoms with Crippen molar-refractivity contribution in [2.45, 2.75) is 90.1 Å². The summed E-state index contributed by atoms with van der Waals surface area (Å²) < 4.78 is 0.975. The van der Waals surface area contributed by atoms with Crippen molar-refractivity contribution in [1.82, 2.24) is 0 Å². The van der Waals surface area contributed by atoms with Crippen LogP contribution >= 0.6 is 0 Å². The number of nitrogens with zero attached hydrogens (tertiary/aromatic N) is 2. The van der Waals surface area contributed by atoms with Crippen LogP contribution in [0.25, 0.3) is 0 Å². The van der Waals surface area contributed by atoms with Crippen molar-refractivity contribution in [3.63, 3.8) is 0 Å². The van der Waals surface area contributed by atoms with E-state index in [1.165, 1.54) is 77.0 Å². The first-order valence-electron chi connectivity index (χ1n) is 10.4. The summed E-state index contributed by atoms with van der Waals surface area (Å²) in [7, 11) is 0. The lowest BCUT2D eigenvalue weighted by atomic mass is 10.0. The predicted molar refractivity (Wildman–Crippen MR) is 106 cm³/mol. The Morgan fingerprint density at radius 1 is 1.04 bits per heavy atom. The number of unbranched alkanes of at least 4 members (excludes halogenated alkanes) is 10. The summed E-state index contributed by atoms with van der Waals surface area (Å²) in [6.07, 6.45) is 20.6. The van der Waals surface area contributed by atoms with Crippen LogP contribution in [-0.2, 0) is 0 Å². The van der Waals surface area contributed by atoms with Gasteiger partial charge in [0, 0.05) is 6.42 Å².